The van der Waals surface area contributed by atoms with Crippen LogP contribution in [0.25, 0.3) is 34.4 Å². The molecule has 4 aromatic rings. The van der Waals surface area contributed by atoms with Crippen LogP contribution in [-0.4, -0.2) is 0 Å². The molecule has 290 valence electrons. The minimum absolute atomic E-state index is 0. The molecule has 4 aromatic carbocycles. The predicted molar refractivity (Wildman–Crippen MR) is 228 cm³/mol. The summed E-state index contributed by atoms with van der Waals surface area (Å²) in [6, 6.07) is 34.1. The molecule has 1 saturated carbocycles. The summed E-state index contributed by atoms with van der Waals surface area (Å²) in [6.07, 6.45) is 19.1. The summed E-state index contributed by atoms with van der Waals surface area (Å²) in [6.45, 7) is 18.7. The number of benzene rings is 4. The van der Waals surface area contributed by atoms with Crippen LogP contribution in [0, 0.1) is 0 Å². The summed E-state index contributed by atoms with van der Waals surface area (Å²) in [5, 5.41) is 0. The first kappa shape index (κ1) is 42.4. The van der Waals surface area contributed by atoms with Gasteiger partial charge in [-0.15, -0.1) is 0 Å². The van der Waals surface area contributed by atoms with Crippen molar-refractivity contribution in [3.05, 3.63) is 129 Å². The quantitative estimate of drug-likeness (QED) is 0.139. The molecule has 0 amide bonds. The monoisotopic (exact) mass is 938 g/mol. The summed E-state index contributed by atoms with van der Waals surface area (Å²) in [4.78, 5) is 0. The second-order valence-electron chi connectivity index (χ2n) is 19.3. The number of unbranched alkanes of at least 4 members (excludes halogenated alkanes) is 2. The summed E-state index contributed by atoms with van der Waals surface area (Å²) >= 11 is -3.29. The zero-order valence-corrected chi connectivity index (χ0v) is 40.0. The Morgan fingerprint density at radius 1 is 0.527 bits per heavy atom. The molecule has 0 radical (unpaired) electrons. The van der Waals surface area contributed by atoms with E-state index in [-0.39, 0.29) is 35.6 Å². The maximum Gasteiger partial charge on any atom is -1.00 e. The average molecular weight is 938 g/mol. The largest absolute Gasteiger partial charge is 1.00 e. The minimum Gasteiger partial charge on any atom is -1.00 e. The third kappa shape index (κ3) is 7.51. The van der Waals surface area contributed by atoms with Crippen LogP contribution in [0.1, 0.15) is 160 Å². The minimum atomic E-state index is -3.29. The Labute approximate surface area is 351 Å². The second-order valence-corrected chi connectivity index (χ2v) is 35.9. The van der Waals surface area contributed by atoms with Gasteiger partial charge in [-0.1, -0.05) is 0 Å². The number of hydrogen-bond acceptors (Lipinski definition) is 0. The van der Waals surface area contributed by atoms with E-state index in [0.717, 1.165) is 7.35 Å². The molecule has 0 bridgehead atoms. The number of rotatable bonds is 10. The van der Waals surface area contributed by atoms with Crippen LogP contribution in [-0.2, 0) is 30.8 Å². The first-order valence-corrected chi connectivity index (χ1v) is 29.7. The Morgan fingerprint density at radius 3 is 1.25 bits per heavy atom. The van der Waals surface area contributed by atoms with Crippen molar-refractivity contribution in [2.24, 2.45) is 0 Å². The standard InChI is InChI=1S/2C23H27.C6H10.2ClH.Hf/c2*1-5-6-8-17-15-19-9-7-10-21(22(19)16-17)18-11-13-20(14-12-18)23(2,3)4;1-2-4-6-5-3-1;;;/h2*7,9-16H,5-6,8H2,1-4H3;1-2H,3-6H2;2*1H;/q;;;;;+2/p-2. The molecule has 1 heterocycles. The summed E-state index contributed by atoms with van der Waals surface area (Å²) < 4.78 is 3.45. The van der Waals surface area contributed by atoms with Crippen molar-refractivity contribution in [2.75, 3.05) is 0 Å². The number of allylic oxidation sites excluding steroid dienone is 2. The van der Waals surface area contributed by atoms with Crippen LogP contribution in [0.15, 0.2) is 96.1 Å². The molecule has 3 heteroatoms. The van der Waals surface area contributed by atoms with Crippen LogP contribution < -0.4 is 24.8 Å². The van der Waals surface area contributed by atoms with Gasteiger partial charge in [-0.2, -0.15) is 0 Å². The van der Waals surface area contributed by atoms with Crippen molar-refractivity contribution in [3.63, 3.8) is 0 Å². The van der Waals surface area contributed by atoms with Crippen LogP contribution in [0.3, 0.4) is 0 Å². The van der Waals surface area contributed by atoms with Gasteiger partial charge in [0, 0.05) is 0 Å². The molecule has 0 spiro atoms. The summed E-state index contributed by atoms with van der Waals surface area (Å²) in [7, 11) is 0. The van der Waals surface area contributed by atoms with Gasteiger partial charge in [0.15, 0.2) is 0 Å². The van der Waals surface area contributed by atoms with Gasteiger partial charge in [0.2, 0.25) is 0 Å². The van der Waals surface area contributed by atoms with Crippen LogP contribution in [0.5, 0.6) is 0 Å². The second kappa shape index (κ2) is 16.6. The molecule has 1 aliphatic heterocycles. The third-order valence-electron chi connectivity index (χ3n) is 14.0. The van der Waals surface area contributed by atoms with Gasteiger partial charge in [0.1, 0.15) is 0 Å². The van der Waals surface area contributed by atoms with Crippen LogP contribution in [0.2, 0.25) is 7.35 Å². The molecule has 4 unspecified atom stereocenters. The van der Waals surface area contributed by atoms with Gasteiger partial charge in [-0.25, -0.2) is 0 Å². The normalized spacial score (nSPS) is 22.6. The van der Waals surface area contributed by atoms with E-state index in [9.17, 15) is 0 Å². The van der Waals surface area contributed by atoms with Gasteiger partial charge in [0.25, 0.3) is 0 Å². The third-order valence-corrected chi connectivity index (χ3v) is 38.9. The van der Waals surface area contributed by atoms with E-state index in [0.29, 0.717) is 7.35 Å². The first-order chi connectivity index (χ1) is 25.5. The summed E-state index contributed by atoms with van der Waals surface area (Å²) in [5.74, 6) is 0. The van der Waals surface area contributed by atoms with Crippen molar-refractivity contribution in [1.29, 1.82) is 0 Å². The zero-order valence-electron chi connectivity index (χ0n) is 34.9. The molecule has 0 aromatic heterocycles. The van der Waals surface area contributed by atoms with E-state index in [1.807, 2.05) is 11.1 Å². The molecule has 55 heavy (non-hydrogen) atoms. The Balaban J connectivity index is 0.00000257. The fourth-order valence-electron chi connectivity index (χ4n) is 11.3. The Morgan fingerprint density at radius 2 is 0.909 bits per heavy atom. The summed E-state index contributed by atoms with van der Waals surface area (Å²) in [5.41, 5.74) is 19.1. The molecule has 8 rings (SSSR count). The first-order valence-electron chi connectivity index (χ1n) is 21.4. The SMILES string of the molecule is CCCCC1=Cc2c(-c3ccc(C(C)(C)C)cc3)cccc2[CH]1[Hf+2]1([CH]2C(CCCC)=Cc3c(-c4ccc(C(C)(C)C)cc4)cccc32)[CH]2CCCC[CH]21.[Cl-].[Cl-]. The average Bonchev–Trinajstić information content (AvgIpc) is 3.42. The number of halogens is 2. The van der Waals surface area contributed by atoms with E-state index >= 15 is 0 Å². The van der Waals surface area contributed by atoms with Gasteiger partial charge in [-0.3, -0.25) is 0 Å². The maximum atomic E-state index is 2.76. The molecule has 1 saturated heterocycles. The van der Waals surface area contributed by atoms with Gasteiger partial charge < -0.3 is 24.8 Å². The van der Waals surface area contributed by atoms with E-state index in [1.54, 1.807) is 22.3 Å². The topological polar surface area (TPSA) is 0 Å². The smallest absolute Gasteiger partial charge is 1.00 e. The van der Waals surface area contributed by atoms with Crippen LogP contribution >= 0.6 is 0 Å². The number of fused-ring (bicyclic) bond motifs is 3. The molecule has 2 fully saturated rings. The molecule has 4 atom stereocenters. The predicted octanol–water partition coefficient (Wildman–Crippen LogP) is 9.90. The molecule has 4 aliphatic rings. The molecule has 0 nitrogen and oxygen atoms in total. The molecule has 3 aliphatic carbocycles. The number of hydrogen-bond donors (Lipinski definition) is 0. The van der Waals surface area contributed by atoms with Gasteiger partial charge in [-0.05, 0) is 0 Å². The van der Waals surface area contributed by atoms with Crippen LogP contribution in [0.4, 0.5) is 0 Å². The van der Waals surface area contributed by atoms with Crippen molar-refractivity contribution >= 4 is 12.2 Å². The van der Waals surface area contributed by atoms with E-state index < -0.39 is 20.0 Å². The molecular formula is C52H64Cl2Hf. The Hall–Kier alpha value is -2.19. The molecule has 0 N–H and O–H groups in total. The fraction of sp³-hybridized carbons (Fsp3) is 0.462. The Kier molecular flexibility index (Phi) is 12.8. The fourth-order valence-corrected chi connectivity index (χ4v) is 46.8. The van der Waals surface area contributed by atoms with Crippen molar-refractivity contribution in [3.8, 4) is 22.3 Å². The molecular weight excluding hydrogens is 874 g/mol. The zero-order chi connectivity index (χ0) is 37.1. The van der Waals surface area contributed by atoms with Crippen molar-refractivity contribution in [2.45, 2.75) is 145 Å². The Bertz CT molecular complexity index is 1890. The van der Waals surface area contributed by atoms with Crippen molar-refractivity contribution in [1.82, 2.24) is 0 Å². The van der Waals surface area contributed by atoms with Crippen molar-refractivity contribution < 1.29 is 44.8 Å². The van der Waals surface area contributed by atoms with E-state index in [1.165, 1.54) is 97.6 Å². The van der Waals surface area contributed by atoms with E-state index in [2.05, 4.69) is 152 Å². The van der Waals surface area contributed by atoms with E-state index in [4.69, 9.17) is 0 Å². The van der Waals surface area contributed by atoms with Gasteiger partial charge in [0.05, 0.1) is 0 Å². The maximum absolute atomic E-state index is 3.29. The van der Waals surface area contributed by atoms with Gasteiger partial charge >= 0.3 is 329 Å².